The van der Waals surface area contributed by atoms with Crippen LogP contribution in [0.3, 0.4) is 0 Å². The van der Waals surface area contributed by atoms with E-state index in [-0.39, 0.29) is 18.4 Å². The van der Waals surface area contributed by atoms with Crippen LogP contribution in [-0.4, -0.2) is 36.0 Å². The molecule has 0 aliphatic heterocycles. The second kappa shape index (κ2) is 8.14. The normalized spacial score (nSPS) is 12.8. The topological polar surface area (TPSA) is 75.4 Å². The lowest BCUT2D eigenvalue weighted by Crippen LogP contribution is -2.38. The number of hydrogen-bond acceptors (Lipinski definition) is 3. The Morgan fingerprint density at radius 1 is 1.29 bits per heavy atom. The number of nitrogens with zero attached hydrogens (tertiary/aromatic N) is 1. The fourth-order valence-corrected chi connectivity index (χ4v) is 2.16. The summed E-state index contributed by atoms with van der Waals surface area (Å²) in [6, 6.07) is 5.62. The molecule has 0 bridgehead atoms. The minimum absolute atomic E-state index is 0.222. The van der Waals surface area contributed by atoms with E-state index in [1.165, 1.54) is 6.07 Å². The van der Waals surface area contributed by atoms with Crippen molar-refractivity contribution in [3.63, 3.8) is 0 Å². The van der Waals surface area contributed by atoms with Gasteiger partial charge >= 0.3 is 12.1 Å². The van der Waals surface area contributed by atoms with Crippen LogP contribution in [0.1, 0.15) is 25.8 Å². The Hall–Kier alpha value is -2.09. The van der Waals surface area contributed by atoms with Crippen LogP contribution >= 0.6 is 0 Å². The number of anilines is 1. The molecule has 0 fully saturated rings. The van der Waals surface area contributed by atoms with Gasteiger partial charge in [0, 0.05) is 19.3 Å². The molecule has 0 saturated carbocycles. The van der Waals surface area contributed by atoms with Gasteiger partial charge in [-0.3, -0.25) is 9.59 Å². The van der Waals surface area contributed by atoms with Gasteiger partial charge in [-0.2, -0.15) is 13.2 Å². The van der Waals surface area contributed by atoms with E-state index in [1.807, 2.05) is 13.8 Å². The fourth-order valence-electron chi connectivity index (χ4n) is 2.16. The quantitative estimate of drug-likeness (QED) is 0.832. The van der Waals surface area contributed by atoms with Crippen molar-refractivity contribution in [2.75, 3.05) is 12.4 Å². The molecule has 5 nitrogen and oxygen atoms in total. The largest absolute Gasteiger partial charge is 0.471 e. The Balaban J connectivity index is 2.73. The molecule has 8 heteroatoms. The second-order valence-electron chi connectivity index (χ2n) is 6.08. The number of nitrogens with one attached hydrogen (secondary N) is 1. The van der Waals surface area contributed by atoms with Crippen LogP contribution in [-0.2, 0) is 16.1 Å². The molecule has 2 amide bonds. The maximum atomic E-state index is 12.4. The predicted molar refractivity (Wildman–Crippen MR) is 85.0 cm³/mol. The molecule has 1 atom stereocenters. The van der Waals surface area contributed by atoms with Gasteiger partial charge < -0.3 is 16.0 Å². The Kier molecular flexibility index (Phi) is 6.77. The minimum atomic E-state index is -4.91. The van der Waals surface area contributed by atoms with Crippen molar-refractivity contribution in [3.05, 3.63) is 29.8 Å². The third kappa shape index (κ3) is 6.19. The van der Waals surface area contributed by atoms with Crippen LogP contribution in [0.2, 0.25) is 0 Å². The number of carbonyl (C=O) groups is 2. The van der Waals surface area contributed by atoms with Gasteiger partial charge in [0.05, 0.1) is 6.04 Å². The highest BCUT2D eigenvalue weighted by molar-refractivity contribution is 5.94. The molecule has 3 N–H and O–H groups in total. The maximum absolute atomic E-state index is 12.4. The molecule has 0 aliphatic carbocycles. The lowest BCUT2D eigenvalue weighted by molar-refractivity contribution is -0.184. The SMILES string of the molecule is CC(C)C[C@H](N)C(=O)Nc1cccc(CN(C)C(=O)C(F)(F)F)c1. The third-order valence-electron chi connectivity index (χ3n) is 3.27. The second-order valence-corrected chi connectivity index (χ2v) is 6.08. The zero-order valence-electron chi connectivity index (χ0n) is 13.9. The monoisotopic (exact) mass is 345 g/mol. The third-order valence-corrected chi connectivity index (χ3v) is 3.27. The van der Waals surface area contributed by atoms with Crippen molar-refractivity contribution in [2.45, 2.75) is 39.0 Å². The number of rotatable bonds is 6. The fraction of sp³-hybridized carbons (Fsp3) is 0.500. The summed E-state index contributed by atoms with van der Waals surface area (Å²) < 4.78 is 37.2. The predicted octanol–water partition coefficient (Wildman–Crippen LogP) is 2.52. The van der Waals surface area contributed by atoms with Crippen molar-refractivity contribution in [1.29, 1.82) is 0 Å². The van der Waals surface area contributed by atoms with E-state index >= 15 is 0 Å². The average molecular weight is 345 g/mol. The van der Waals surface area contributed by atoms with Crippen molar-refractivity contribution in [1.82, 2.24) is 4.90 Å². The Labute approximate surface area is 139 Å². The summed E-state index contributed by atoms with van der Waals surface area (Å²) in [7, 11) is 1.07. The Morgan fingerprint density at radius 2 is 1.92 bits per heavy atom. The van der Waals surface area contributed by atoms with Crippen LogP contribution in [0.15, 0.2) is 24.3 Å². The van der Waals surface area contributed by atoms with Gasteiger partial charge in [-0.05, 0) is 30.0 Å². The zero-order chi connectivity index (χ0) is 18.5. The summed E-state index contributed by atoms with van der Waals surface area (Å²) in [6.07, 6.45) is -4.39. The highest BCUT2D eigenvalue weighted by Crippen LogP contribution is 2.20. The molecule has 0 unspecified atom stereocenters. The zero-order valence-corrected chi connectivity index (χ0v) is 13.9. The van der Waals surface area contributed by atoms with Crippen molar-refractivity contribution < 1.29 is 22.8 Å². The molecule has 1 aromatic rings. The van der Waals surface area contributed by atoms with Crippen LogP contribution in [0.4, 0.5) is 18.9 Å². The molecule has 0 radical (unpaired) electrons. The van der Waals surface area contributed by atoms with Gasteiger partial charge in [0.25, 0.3) is 0 Å². The van der Waals surface area contributed by atoms with Gasteiger partial charge in [-0.25, -0.2) is 0 Å². The molecule has 134 valence electrons. The van der Waals surface area contributed by atoms with Crippen molar-refractivity contribution >= 4 is 17.5 Å². The van der Waals surface area contributed by atoms with Crippen LogP contribution in [0.5, 0.6) is 0 Å². The van der Waals surface area contributed by atoms with Gasteiger partial charge in [-0.15, -0.1) is 0 Å². The lowest BCUT2D eigenvalue weighted by Gasteiger charge is -2.19. The minimum Gasteiger partial charge on any atom is -0.334 e. The number of carbonyl (C=O) groups excluding carboxylic acids is 2. The number of alkyl halides is 3. The number of amides is 2. The summed E-state index contributed by atoms with van der Waals surface area (Å²) in [5, 5.41) is 2.63. The first kappa shape index (κ1) is 20.0. The molecule has 1 aromatic carbocycles. The molecule has 0 aromatic heterocycles. The van der Waals surface area contributed by atoms with E-state index in [9.17, 15) is 22.8 Å². The van der Waals surface area contributed by atoms with Crippen molar-refractivity contribution in [3.8, 4) is 0 Å². The number of nitrogens with two attached hydrogens (primary N) is 1. The Morgan fingerprint density at radius 3 is 2.46 bits per heavy atom. The maximum Gasteiger partial charge on any atom is 0.471 e. The molecule has 0 saturated heterocycles. The van der Waals surface area contributed by atoms with E-state index in [0.29, 0.717) is 22.6 Å². The average Bonchev–Trinajstić information content (AvgIpc) is 2.44. The molecule has 0 aliphatic rings. The first-order valence-corrected chi connectivity index (χ1v) is 7.48. The molecule has 1 rings (SSSR count). The van der Waals surface area contributed by atoms with Gasteiger partial charge in [0.15, 0.2) is 0 Å². The molecule has 24 heavy (non-hydrogen) atoms. The van der Waals surface area contributed by atoms with Gasteiger partial charge in [0.1, 0.15) is 0 Å². The van der Waals surface area contributed by atoms with E-state index < -0.39 is 18.1 Å². The van der Waals surface area contributed by atoms with E-state index in [1.54, 1.807) is 18.2 Å². The van der Waals surface area contributed by atoms with E-state index in [0.717, 1.165) is 7.05 Å². The molecular formula is C16H22F3N3O2. The first-order chi connectivity index (χ1) is 11.0. The van der Waals surface area contributed by atoms with Crippen molar-refractivity contribution in [2.24, 2.45) is 11.7 Å². The van der Waals surface area contributed by atoms with Gasteiger partial charge in [0.2, 0.25) is 5.91 Å². The summed E-state index contributed by atoms with van der Waals surface area (Å²) in [5.74, 6) is -2.02. The smallest absolute Gasteiger partial charge is 0.334 e. The van der Waals surface area contributed by atoms with E-state index in [4.69, 9.17) is 5.73 Å². The lowest BCUT2D eigenvalue weighted by atomic mass is 10.0. The highest BCUT2D eigenvalue weighted by atomic mass is 19.4. The van der Waals surface area contributed by atoms with E-state index in [2.05, 4.69) is 5.32 Å². The number of halogens is 3. The summed E-state index contributed by atoms with van der Waals surface area (Å²) in [5.41, 5.74) is 6.67. The summed E-state index contributed by atoms with van der Waals surface area (Å²) in [6.45, 7) is 3.67. The summed E-state index contributed by atoms with van der Waals surface area (Å²) in [4.78, 5) is 23.7. The molecular weight excluding hydrogens is 323 g/mol. The van der Waals surface area contributed by atoms with Crippen LogP contribution in [0.25, 0.3) is 0 Å². The number of benzene rings is 1. The molecule has 0 heterocycles. The Bertz CT molecular complexity index is 588. The highest BCUT2D eigenvalue weighted by Gasteiger charge is 2.41. The standard InChI is InChI=1S/C16H22F3N3O2/c1-10(2)7-13(20)14(23)21-12-6-4-5-11(8-12)9-22(3)15(24)16(17,18)19/h4-6,8,10,13H,7,9,20H2,1-3H3,(H,21,23)/t13-/m0/s1. The molecule has 0 spiro atoms. The van der Waals surface area contributed by atoms with Gasteiger partial charge in [-0.1, -0.05) is 26.0 Å². The summed E-state index contributed by atoms with van der Waals surface area (Å²) >= 11 is 0. The first-order valence-electron chi connectivity index (χ1n) is 7.48. The number of hydrogen-bond donors (Lipinski definition) is 2. The van der Waals surface area contributed by atoms with Crippen LogP contribution < -0.4 is 11.1 Å². The van der Waals surface area contributed by atoms with Crippen LogP contribution in [0, 0.1) is 5.92 Å².